The quantitative estimate of drug-likeness (QED) is 0.566. The first-order chi connectivity index (χ1) is 5.17. The molecule has 1 rings (SSSR count). The first kappa shape index (κ1) is 12.0. The topological polar surface area (TPSA) is 48.2 Å². The molecule has 0 spiro atoms. The summed E-state index contributed by atoms with van der Waals surface area (Å²) in [6.45, 7) is 0. The van der Waals surface area contributed by atoms with Crippen LogP contribution in [0.3, 0.4) is 0 Å². The van der Waals surface area contributed by atoms with E-state index in [0.29, 0.717) is 0 Å². The summed E-state index contributed by atoms with van der Waals surface area (Å²) in [6, 6.07) is 7.79. The Morgan fingerprint density at radius 2 is 1.67 bits per heavy atom. The fourth-order valence-corrected chi connectivity index (χ4v) is 1.45. The molecule has 0 aliphatic heterocycles. The number of sulfonamides is 1. The SMILES string of the molecule is O=S(=O)([N-]Cl)c1ccccc1.[Li+]. The van der Waals surface area contributed by atoms with Crippen LogP contribution in [0.25, 0.3) is 4.24 Å². The molecule has 0 aliphatic carbocycles. The zero-order valence-electron chi connectivity index (χ0n) is 6.44. The van der Waals surface area contributed by atoms with Gasteiger partial charge in [0.15, 0.2) is 0 Å². The number of hydrogen-bond acceptors (Lipinski definition) is 2. The van der Waals surface area contributed by atoms with E-state index in [-0.39, 0.29) is 23.8 Å². The van der Waals surface area contributed by atoms with Gasteiger partial charge in [0.1, 0.15) is 10.0 Å². The maximum Gasteiger partial charge on any atom is 1.00 e. The largest absolute Gasteiger partial charge is 1.00 e. The molecule has 0 atom stereocenters. The molecule has 1 aromatic carbocycles. The first-order valence-corrected chi connectivity index (χ1v) is 4.58. The Hall–Kier alpha value is 0.0174. The van der Waals surface area contributed by atoms with E-state index in [1.54, 1.807) is 18.2 Å². The van der Waals surface area contributed by atoms with Crippen LogP contribution in [0, 0.1) is 0 Å². The van der Waals surface area contributed by atoms with Crippen LogP contribution in [-0.2, 0) is 10.0 Å². The Bertz CT molecular complexity index is 327. The number of halogens is 1. The van der Waals surface area contributed by atoms with Crippen LogP contribution in [-0.4, -0.2) is 8.42 Å². The molecule has 0 aliphatic rings. The number of hydrogen-bond donors (Lipinski definition) is 0. The Morgan fingerprint density at radius 3 is 2.08 bits per heavy atom. The van der Waals surface area contributed by atoms with Crippen LogP contribution in [0.2, 0.25) is 0 Å². The maximum absolute atomic E-state index is 10.9. The fourth-order valence-electron chi connectivity index (χ4n) is 0.632. The van der Waals surface area contributed by atoms with Crippen LogP contribution >= 0.6 is 11.8 Å². The van der Waals surface area contributed by atoms with E-state index in [4.69, 9.17) is 11.8 Å². The van der Waals surface area contributed by atoms with E-state index < -0.39 is 10.0 Å². The molecule has 12 heavy (non-hydrogen) atoms. The Labute approximate surface area is 88.5 Å². The second kappa shape index (κ2) is 4.90. The third kappa shape index (κ3) is 2.81. The van der Waals surface area contributed by atoms with E-state index in [2.05, 4.69) is 4.24 Å². The molecule has 0 amide bonds. The summed E-state index contributed by atoms with van der Waals surface area (Å²) >= 11 is 4.86. The molecule has 0 radical (unpaired) electrons. The monoisotopic (exact) mass is 197 g/mol. The molecule has 0 aromatic heterocycles. The summed E-state index contributed by atoms with van der Waals surface area (Å²) in [5.74, 6) is 0. The predicted molar refractivity (Wildman–Crippen MR) is 42.8 cm³/mol. The number of nitrogens with zero attached hydrogens (tertiary/aromatic N) is 1. The summed E-state index contributed by atoms with van der Waals surface area (Å²) in [5.41, 5.74) is 0. The van der Waals surface area contributed by atoms with Gasteiger partial charge in [-0.2, -0.15) is 0 Å². The van der Waals surface area contributed by atoms with Crippen LogP contribution in [0.5, 0.6) is 0 Å². The van der Waals surface area contributed by atoms with Crippen LogP contribution in [0.1, 0.15) is 0 Å². The minimum Gasteiger partial charge on any atom is -0.458 e. The molecule has 0 unspecified atom stereocenters. The van der Waals surface area contributed by atoms with E-state index >= 15 is 0 Å². The molecule has 60 valence electrons. The van der Waals surface area contributed by atoms with Crippen molar-refractivity contribution >= 4 is 21.8 Å². The molecule has 0 saturated carbocycles. The van der Waals surface area contributed by atoms with Crippen molar-refractivity contribution in [2.75, 3.05) is 0 Å². The van der Waals surface area contributed by atoms with Gasteiger partial charge in [-0.1, -0.05) is 18.2 Å². The summed E-state index contributed by atoms with van der Waals surface area (Å²) in [7, 11) is -3.61. The summed E-state index contributed by atoms with van der Waals surface area (Å²) in [4.78, 5) is 0.106. The molecule has 0 saturated heterocycles. The maximum atomic E-state index is 10.9. The molecule has 0 bridgehead atoms. The molecule has 0 N–H and O–H groups in total. The molecular weight excluding hydrogens is 193 g/mol. The van der Waals surface area contributed by atoms with Gasteiger partial charge in [-0.05, 0) is 12.1 Å². The fraction of sp³-hybridized carbons (Fsp3) is 0. The van der Waals surface area contributed by atoms with Crippen LogP contribution in [0.4, 0.5) is 0 Å². The molecule has 3 nitrogen and oxygen atoms in total. The second-order valence-electron chi connectivity index (χ2n) is 1.86. The minimum absolute atomic E-state index is 0. The van der Waals surface area contributed by atoms with Gasteiger partial charge in [0.05, 0.1) is 0 Å². The van der Waals surface area contributed by atoms with Crippen LogP contribution in [0.15, 0.2) is 35.2 Å². The van der Waals surface area contributed by atoms with Gasteiger partial charge in [-0.3, -0.25) is 11.8 Å². The van der Waals surface area contributed by atoms with Gasteiger partial charge in [0, 0.05) is 4.90 Å². The van der Waals surface area contributed by atoms with E-state index in [0.717, 1.165) is 0 Å². The van der Waals surface area contributed by atoms with Gasteiger partial charge < -0.3 is 4.24 Å². The predicted octanol–water partition coefficient (Wildman–Crippen LogP) is -1.09. The Morgan fingerprint density at radius 1 is 1.17 bits per heavy atom. The number of rotatable bonds is 2. The Balaban J connectivity index is 0.00000121. The van der Waals surface area contributed by atoms with Crippen LogP contribution < -0.4 is 18.9 Å². The molecule has 6 heteroatoms. The normalized spacial score (nSPS) is 10.4. The van der Waals surface area contributed by atoms with Crippen molar-refractivity contribution < 1.29 is 27.3 Å². The van der Waals surface area contributed by atoms with Gasteiger partial charge in [-0.25, -0.2) is 8.42 Å². The summed E-state index contributed by atoms with van der Waals surface area (Å²) < 4.78 is 24.5. The zero-order chi connectivity index (χ0) is 8.32. The van der Waals surface area contributed by atoms with Crippen molar-refractivity contribution in [1.29, 1.82) is 0 Å². The van der Waals surface area contributed by atoms with E-state index in [9.17, 15) is 8.42 Å². The molecular formula is C6H5ClLiNO2S. The standard InChI is InChI=1S/C6H5ClNO2S.Li/c7-8-11(9,10)6-4-2-1-3-5-6;/h1-5H;/q-1;+1. The molecule has 0 fully saturated rings. The second-order valence-corrected chi connectivity index (χ2v) is 3.83. The van der Waals surface area contributed by atoms with Crippen molar-refractivity contribution in [3.05, 3.63) is 34.6 Å². The zero-order valence-corrected chi connectivity index (χ0v) is 8.01. The summed E-state index contributed by atoms with van der Waals surface area (Å²) in [6.07, 6.45) is 0. The smallest absolute Gasteiger partial charge is 0.458 e. The van der Waals surface area contributed by atoms with E-state index in [1.807, 2.05) is 0 Å². The number of benzene rings is 1. The van der Waals surface area contributed by atoms with Crippen molar-refractivity contribution in [2.45, 2.75) is 4.90 Å². The Kier molecular flexibility index (Phi) is 4.91. The van der Waals surface area contributed by atoms with Crippen molar-refractivity contribution in [1.82, 2.24) is 0 Å². The van der Waals surface area contributed by atoms with E-state index in [1.165, 1.54) is 12.1 Å². The minimum atomic E-state index is -3.61. The van der Waals surface area contributed by atoms with Gasteiger partial charge in [-0.15, -0.1) is 0 Å². The first-order valence-electron chi connectivity index (χ1n) is 2.80. The van der Waals surface area contributed by atoms with Gasteiger partial charge in [0.25, 0.3) is 0 Å². The van der Waals surface area contributed by atoms with Crippen molar-refractivity contribution in [3.63, 3.8) is 0 Å². The third-order valence-electron chi connectivity index (χ3n) is 1.13. The molecule has 1 aromatic rings. The average Bonchev–Trinajstić information content (AvgIpc) is 2.06. The average molecular weight is 198 g/mol. The summed E-state index contributed by atoms with van der Waals surface area (Å²) in [5, 5.41) is 0. The van der Waals surface area contributed by atoms with Crippen molar-refractivity contribution in [2.24, 2.45) is 0 Å². The van der Waals surface area contributed by atoms with Crippen molar-refractivity contribution in [3.8, 4) is 0 Å². The van der Waals surface area contributed by atoms with Gasteiger partial charge >= 0.3 is 18.9 Å². The molecule has 0 heterocycles. The van der Waals surface area contributed by atoms with Gasteiger partial charge in [0.2, 0.25) is 0 Å². The third-order valence-corrected chi connectivity index (χ3v) is 2.73.